The fourth-order valence-corrected chi connectivity index (χ4v) is 4.44. The van der Waals surface area contributed by atoms with Crippen molar-refractivity contribution in [2.75, 3.05) is 69.1 Å². The highest BCUT2D eigenvalue weighted by atomic mass is 16.5. The molecule has 0 fully saturated rings. The van der Waals surface area contributed by atoms with Crippen LogP contribution in [0.5, 0.6) is 5.75 Å². The van der Waals surface area contributed by atoms with E-state index < -0.39 is 0 Å². The number of nitrogens with two attached hydrogens (primary N) is 1. The first-order chi connectivity index (χ1) is 20.7. The maximum atomic E-state index is 5.62. The number of nitrogens with zero attached hydrogens (tertiary/aromatic N) is 3. The highest BCUT2D eigenvalue weighted by Crippen LogP contribution is 2.27. The molecule has 0 aliphatic rings. The van der Waals surface area contributed by atoms with E-state index in [1.165, 1.54) is 11.1 Å². The highest BCUT2D eigenvalue weighted by Gasteiger charge is 2.14. The Kier molecular flexibility index (Phi) is 12.8. The summed E-state index contributed by atoms with van der Waals surface area (Å²) in [6.45, 7) is 4.30. The minimum atomic E-state index is 0.246. The second-order valence-corrected chi connectivity index (χ2v) is 9.54. The van der Waals surface area contributed by atoms with Gasteiger partial charge in [-0.15, -0.1) is 0 Å². The van der Waals surface area contributed by atoms with Crippen LogP contribution in [0.3, 0.4) is 0 Å². The summed E-state index contributed by atoms with van der Waals surface area (Å²) < 4.78 is 16.3. The molecule has 0 aliphatic carbocycles. The lowest BCUT2D eigenvalue weighted by molar-refractivity contribution is 0.0547. The Labute approximate surface area is 248 Å². The normalized spacial score (nSPS) is 10.9. The van der Waals surface area contributed by atoms with Crippen molar-refractivity contribution < 1.29 is 14.2 Å². The van der Waals surface area contributed by atoms with E-state index in [0.29, 0.717) is 70.5 Å². The quantitative estimate of drug-likeness (QED) is 0.119. The van der Waals surface area contributed by atoms with Gasteiger partial charge in [0.1, 0.15) is 5.75 Å². The Morgan fingerprint density at radius 2 is 1.26 bits per heavy atom. The standard InChI is InChI=1S/C32H41N7O3/c1-40-28-14-8-9-25(23-28)24-36-32-38-30(37-31(39-32)35-18-20-42-22-21-41-19-16-33)34-17-15-29(26-10-4-2-5-11-26)27-12-6-3-7-13-27/h2-14,23,29H,15-22,24,33H2,1H3,(H3,34,35,36,37,38,39). The third-order valence-electron chi connectivity index (χ3n) is 6.50. The number of hydrogen-bond acceptors (Lipinski definition) is 10. The summed E-state index contributed by atoms with van der Waals surface area (Å²) in [5.41, 5.74) is 9.04. The Balaban J connectivity index is 1.40. The average Bonchev–Trinajstić information content (AvgIpc) is 3.04. The van der Waals surface area contributed by atoms with Crippen LogP contribution in [0.25, 0.3) is 0 Å². The van der Waals surface area contributed by atoms with Gasteiger partial charge in [-0.1, -0.05) is 72.8 Å². The number of benzene rings is 3. The van der Waals surface area contributed by atoms with Gasteiger partial charge < -0.3 is 35.9 Å². The fourth-order valence-electron chi connectivity index (χ4n) is 4.44. The largest absolute Gasteiger partial charge is 0.497 e. The molecule has 0 saturated carbocycles. The van der Waals surface area contributed by atoms with E-state index in [9.17, 15) is 0 Å². The van der Waals surface area contributed by atoms with Crippen molar-refractivity contribution in [3.05, 3.63) is 102 Å². The van der Waals surface area contributed by atoms with Crippen LogP contribution in [0.4, 0.5) is 17.8 Å². The van der Waals surface area contributed by atoms with Gasteiger partial charge in [0.15, 0.2) is 0 Å². The zero-order valence-electron chi connectivity index (χ0n) is 24.2. The maximum Gasteiger partial charge on any atom is 0.229 e. The Morgan fingerprint density at radius 1 is 0.667 bits per heavy atom. The molecule has 222 valence electrons. The molecule has 1 heterocycles. The Bertz CT molecular complexity index is 1270. The van der Waals surface area contributed by atoms with E-state index in [4.69, 9.17) is 19.9 Å². The van der Waals surface area contributed by atoms with Gasteiger partial charge in [0.25, 0.3) is 0 Å². The maximum absolute atomic E-state index is 5.62. The summed E-state index contributed by atoms with van der Waals surface area (Å²) in [6, 6.07) is 29.0. The summed E-state index contributed by atoms with van der Waals surface area (Å²) in [5, 5.41) is 9.99. The van der Waals surface area contributed by atoms with Crippen molar-refractivity contribution in [1.29, 1.82) is 0 Å². The van der Waals surface area contributed by atoms with E-state index >= 15 is 0 Å². The van der Waals surface area contributed by atoms with Crippen molar-refractivity contribution in [3.63, 3.8) is 0 Å². The lowest BCUT2D eigenvalue weighted by Crippen LogP contribution is -2.17. The lowest BCUT2D eigenvalue weighted by atomic mass is 9.88. The molecule has 0 aliphatic heterocycles. The second kappa shape index (κ2) is 17.5. The highest BCUT2D eigenvalue weighted by molar-refractivity contribution is 5.43. The van der Waals surface area contributed by atoms with Gasteiger partial charge in [0, 0.05) is 32.1 Å². The van der Waals surface area contributed by atoms with Crippen molar-refractivity contribution in [2.24, 2.45) is 5.73 Å². The van der Waals surface area contributed by atoms with Crippen LogP contribution in [0, 0.1) is 0 Å². The average molecular weight is 572 g/mol. The van der Waals surface area contributed by atoms with Crippen LogP contribution < -0.4 is 26.4 Å². The van der Waals surface area contributed by atoms with Crippen molar-refractivity contribution in [3.8, 4) is 5.75 Å². The molecule has 5 N–H and O–H groups in total. The van der Waals surface area contributed by atoms with Gasteiger partial charge in [0.05, 0.1) is 33.5 Å². The van der Waals surface area contributed by atoms with Crippen LogP contribution in [0.1, 0.15) is 29.0 Å². The van der Waals surface area contributed by atoms with E-state index in [1.807, 2.05) is 36.4 Å². The lowest BCUT2D eigenvalue weighted by Gasteiger charge is -2.19. The molecule has 10 heteroatoms. The van der Waals surface area contributed by atoms with Gasteiger partial charge >= 0.3 is 0 Å². The van der Waals surface area contributed by atoms with Crippen LogP contribution in [-0.4, -0.2) is 68.1 Å². The number of rotatable bonds is 19. The molecule has 10 nitrogen and oxygen atoms in total. The molecule has 0 unspecified atom stereocenters. The van der Waals surface area contributed by atoms with E-state index in [2.05, 4.69) is 79.4 Å². The molecule has 0 spiro atoms. The van der Waals surface area contributed by atoms with Crippen molar-refractivity contribution >= 4 is 17.8 Å². The van der Waals surface area contributed by atoms with E-state index in [-0.39, 0.29) is 5.92 Å². The summed E-state index contributed by atoms with van der Waals surface area (Å²) in [4.78, 5) is 13.8. The van der Waals surface area contributed by atoms with Crippen molar-refractivity contribution in [1.82, 2.24) is 15.0 Å². The van der Waals surface area contributed by atoms with Crippen LogP contribution in [0.15, 0.2) is 84.9 Å². The number of ether oxygens (including phenoxy) is 3. The molecule has 4 rings (SSSR count). The molecule has 4 aromatic rings. The number of anilines is 3. The molecule has 0 bridgehead atoms. The number of nitrogens with one attached hydrogen (secondary N) is 3. The third kappa shape index (κ3) is 10.3. The van der Waals surface area contributed by atoms with Crippen LogP contribution >= 0.6 is 0 Å². The first kappa shape index (κ1) is 30.7. The smallest absolute Gasteiger partial charge is 0.229 e. The van der Waals surface area contributed by atoms with Gasteiger partial charge in [-0.05, 0) is 35.2 Å². The predicted octanol–water partition coefficient (Wildman–Crippen LogP) is 4.53. The SMILES string of the molecule is COc1cccc(CNc2nc(NCCOCCOCCN)nc(NCCC(c3ccccc3)c3ccccc3)n2)c1. The molecule has 0 radical (unpaired) electrons. The molecule has 0 saturated heterocycles. The topological polar surface area (TPSA) is 128 Å². The summed E-state index contributed by atoms with van der Waals surface area (Å²) in [6.07, 6.45) is 0.870. The predicted molar refractivity (Wildman–Crippen MR) is 167 cm³/mol. The summed E-state index contributed by atoms with van der Waals surface area (Å²) in [5.74, 6) is 2.48. The zero-order chi connectivity index (χ0) is 29.2. The molecular formula is C32H41N7O3. The monoisotopic (exact) mass is 571 g/mol. The van der Waals surface area contributed by atoms with Crippen LogP contribution in [0.2, 0.25) is 0 Å². The molecule has 42 heavy (non-hydrogen) atoms. The third-order valence-corrected chi connectivity index (χ3v) is 6.50. The summed E-state index contributed by atoms with van der Waals surface area (Å²) in [7, 11) is 1.66. The van der Waals surface area contributed by atoms with Crippen LogP contribution in [-0.2, 0) is 16.0 Å². The zero-order valence-corrected chi connectivity index (χ0v) is 24.2. The van der Waals surface area contributed by atoms with Gasteiger partial charge in [-0.3, -0.25) is 0 Å². The Hall–Kier alpha value is -4.25. The first-order valence-corrected chi connectivity index (χ1v) is 14.3. The van der Waals surface area contributed by atoms with Gasteiger partial charge in [-0.2, -0.15) is 15.0 Å². The number of methoxy groups -OCH3 is 1. The first-order valence-electron chi connectivity index (χ1n) is 14.3. The second-order valence-electron chi connectivity index (χ2n) is 9.54. The molecule has 3 aromatic carbocycles. The van der Waals surface area contributed by atoms with Gasteiger partial charge in [0.2, 0.25) is 17.8 Å². The summed E-state index contributed by atoms with van der Waals surface area (Å²) >= 11 is 0. The minimum Gasteiger partial charge on any atom is -0.497 e. The fraction of sp³-hybridized carbons (Fsp3) is 0.344. The Morgan fingerprint density at radius 3 is 1.88 bits per heavy atom. The molecule has 1 aromatic heterocycles. The number of hydrogen-bond donors (Lipinski definition) is 4. The van der Waals surface area contributed by atoms with Crippen molar-refractivity contribution in [2.45, 2.75) is 18.9 Å². The number of aromatic nitrogens is 3. The molecular weight excluding hydrogens is 530 g/mol. The van der Waals surface area contributed by atoms with E-state index in [1.54, 1.807) is 7.11 Å². The molecule has 0 atom stereocenters. The van der Waals surface area contributed by atoms with Gasteiger partial charge in [-0.25, -0.2) is 0 Å². The minimum absolute atomic E-state index is 0.246. The molecule has 0 amide bonds. The van der Waals surface area contributed by atoms with E-state index in [0.717, 1.165) is 17.7 Å².